The van der Waals surface area contributed by atoms with Gasteiger partial charge in [-0.2, -0.15) is 13.2 Å². The van der Waals surface area contributed by atoms with Gasteiger partial charge in [-0.25, -0.2) is 15.0 Å². The standard InChI is InChI=1S/C51H60F3N11O5S/c1-28-43(71-27-59-28)32-13-14-33(38(18-32)51(52,53)54)23-56-47(69)41-19-36(66)26-64(41)48(70)44(50(2,3)4)60-46(68)31-11-9-29(10-12-31)17-30-21-57-49(58-22-30)65-34-15-16-35(65)25-63(24-34)40-20-39(61-62-45(40)55)37-7-5-6-8-42(37)67/h5-8,13-14,18,20-22,27,29,31,34-36,41,44,66-67H,9-12,15-17,19,23-26H2,1-4H3,(H2,55,62)(H,56,69)(H,60,68)/t29-,31-,34?,35?,36-,41+,44-/m1/s1. The number of piperazine rings is 1. The van der Waals surface area contributed by atoms with Gasteiger partial charge in [-0.1, -0.05) is 45.0 Å². The number of hydrogen-bond donors (Lipinski definition) is 5. The summed E-state index contributed by atoms with van der Waals surface area (Å²) in [6.45, 7) is 7.98. The van der Waals surface area contributed by atoms with Gasteiger partial charge in [-0.05, 0) is 104 Å². The van der Waals surface area contributed by atoms with E-state index in [0.29, 0.717) is 71.0 Å². The summed E-state index contributed by atoms with van der Waals surface area (Å²) in [5.74, 6) is -0.346. The van der Waals surface area contributed by atoms with Crippen molar-refractivity contribution in [3.8, 4) is 27.4 Å². The zero-order valence-electron chi connectivity index (χ0n) is 40.2. The van der Waals surface area contributed by atoms with Crippen LogP contribution in [-0.2, 0) is 33.5 Å². The number of aliphatic hydroxyl groups excluding tert-OH is 1. The highest BCUT2D eigenvalue weighted by molar-refractivity contribution is 7.13. The maximum atomic E-state index is 14.3. The van der Waals surface area contributed by atoms with Crippen LogP contribution >= 0.6 is 11.3 Å². The minimum absolute atomic E-state index is 0.0979. The number of phenolic OH excluding ortho intramolecular Hbond substituents is 1. The Bertz CT molecular complexity index is 2750. The van der Waals surface area contributed by atoms with Crippen molar-refractivity contribution in [3.63, 3.8) is 0 Å². The van der Waals surface area contributed by atoms with E-state index in [9.17, 15) is 37.8 Å². The Labute approximate surface area is 414 Å². The largest absolute Gasteiger partial charge is 0.507 e. The maximum absolute atomic E-state index is 14.3. The topological polar surface area (TPSA) is 216 Å². The summed E-state index contributed by atoms with van der Waals surface area (Å²) >= 11 is 1.24. The number of nitrogen functional groups attached to an aromatic ring is 1. The average molecular weight is 996 g/mol. The first-order chi connectivity index (χ1) is 33.8. The van der Waals surface area contributed by atoms with E-state index in [4.69, 9.17) is 15.7 Å². The molecular weight excluding hydrogens is 936 g/mol. The Hall–Kier alpha value is -6.41. The predicted molar refractivity (Wildman–Crippen MR) is 263 cm³/mol. The van der Waals surface area contributed by atoms with Crippen LogP contribution in [0.3, 0.4) is 0 Å². The molecule has 2 aromatic carbocycles. The lowest BCUT2D eigenvalue weighted by Gasteiger charge is -2.42. The van der Waals surface area contributed by atoms with Crippen molar-refractivity contribution in [2.45, 2.75) is 122 Å². The van der Waals surface area contributed by atoms with Crippen LogP contribution in [0.4, 0.5) is 30.6 Å². The second kappa shape index (κ2) is 20.0. The number of aromatic hydroxyl groups is 1. The number of amides is 3. The van der Waals surface area contributed by atoms with E-state index in [1.807, 2.05) is 45.3 Å². The number of aryl methyl sites for hydroxylation is 1. The van der Waals surface area contributed by atoms with Crippen molar-refractivity contribution in [2.24, 2.45) is 17.3 Å². The number of phenols is 1. The first-order valence-corrected chi connectivity index (χ1v) is 25.1. The van der Waals surface area contributed by atoms with E-state index in [2.05, 4.69) is 35.6 Å². The van der Waals surface area contributed by atoms with Crippen LogP contribution in [0.15, 0.2) is 66.4 Å². The summed E-state index contributed by atoms with van der Waals surface area (Å²) in [5, 5.41) is 35.2. The molecule has 2 bridgehead atoms. The van der Waals surface area contributed by atoms with Gasteiger partial charge in [-0.3, -0.25) is 14.4 Å². The van der Waals surface area contributed by atoms with Crippen molar-refractivity contribution in [1.82, 2.24) is 40.7 Å². The third kappa shape index (κ3) is 10.6. The zero-order chi connectivity index (χ0) is 50.4. The van der Waals surface area contributed by atoms with Crippen molar-refractivity contribution in [2.75, 3.05) is 35.2 Å². The van der Waals surface area contributed by atoms with Crippen LogP contribution in [0.2, 0.25) is 0 Å². The number of benzene rings is 2. The Morgan fingerprint density at radius 2 is 1.61 bits per heavy atom. The number of para-hydroxylation sites is 1. The lowest BCUT2D eigenvalue weighted by atomic mass is 9.78. The molecule has 4 aliphatic rings. The number of carbonyl (C=O) groups excluding carboxylic acids is 3. The van der Waals surface area contributed by atoms with Gasteiger partial charge >= 0.3 is 6.18 Å². The van der Waals surface area contributed by atoms with Crippen molar-refractivity contribution in [3.05, 3.63) is 88.8 Å². The van der Waals surface area contributed by atoms with Gasteiger partial charge in [0.15, 0.2) is 5.82 Å². The highest BCUT2D eigenvalue weighted by Crippen LogP contribution is 2.40. The molecule has 3 aromatic heterocycles. The molecule has 0 radical (unpaired) electrons. The SMILES string of the molecule is Cc1ncsc1-c1ccc(CNC(=O)[C@@H]2C[C@@H](O)CN2C(=O)[C@@H](NC(=O)[C@H]2CC[C@H](Cc3cnc(N4C5CCC4CN(c4cc(-c6ccccc6O)nnc4N)C5)nc3)CC2)C(C)(C)C)c(C(F)(F)F)c1. The number of rotatable bonds is 12. The van der Waals surface area contributed by atoms with E-state index in [-0.39, 0.29) is 48.2 Å². The molecule has 3 amide bonds. The van der Waals surface area contributed by atoms with Gasteiger partial charge in [0.05, 0.1) is 39.1 Å². The molecule has 5 atom stereocenters. The number of aromatic nitrogens is 5. The van der Waals surface area contributed by atoms with Crippen LogP contribution in [-0.4, -0.2) is 108 Å². The van der Waals surface area contributed by atoms with E-state index < -0.39 is 53.7 Å². The summed E-state index contributed by atoms with van der Waals surface area (Å²) in [6.07, 6.45) is 3.55. The molecule has 376 valence electrons. The summed E-state index contributed by atoms with van der Waals surface area (Å²) in [4.78, 5) is 62.1. The summed E-state index contributed by atoms with van der Waals surface area (Å²) < 4.78 is 42.9. The van der Waals surface area contributed by atoms with Crippen molar-refractivity contribution >= 4 is 46.5 Å². The average Bonchev–Trinajstić information content (AvgIpc) is 4.03. The van der Waals surface area contributed by atoms with Crippen LogP contribution in [0.25, 0.3) is 21.7 Å². The van der Waals surface area contributed by atoms with Crippen molar-refractivity contribution in [1.29, 1.82) is 0 Å². The second-order valence-electron chi connectivity index (χ2n) is 20.6. The first-order valence-electron chi connectivity index (χ1n) is 24.2. The monoisotopic (exact) mass is 995 g/mol. The van der Waals surface area contributed by atoms with E-state index in [1.54, 1.807) is 36.7 Å². The van der Waals surface area contributed by atoms with E-state index >= 15 is 0 Å². The quantitative estimate of drug-likeness (QED) is 0.0883. The molecule has 0 spiro atoms. The van der Waals surface area contributed by atoms with Gasteiger partial charge in [-0.15, -0.1) is 21.5 Å². The molecule has 1 saturated carbocycles. The number of nitrogens with zero attached hydrogens (tertiary/aromatic N) is 8. The van der Waals surface area contributed by atoms with Crippen LogP contribution < -0.4 is 26.2 Å². The predicted octanol–water partition coefficient (Wildman–Crippen LogP) is 6.69. The number of aliphatic hydroxyl groups is 1. The van der Waals surface area contributed by atoms with Crippen LogP contribution in [0.1, 0.15) is 88.1 Å². The minimum atomic E-state index is -4.70. The molecule has 5 aromatic rings. The Kier molecular flexibility index (Phi) is 14.0. The fourth-order valence-electron chi connectivity index (χ4n) is 10.8. The van der Waals surface area contributed by atoms with Gasteiger partial charge in [0, 0.05) is 68.6 Å². The Morgan fingerprint density at radius 1 is 0.901 bits per heavy atom. The van der Waals surface area contributed by atoms with Gasteiger partial charge in [0.2, 0.25) is 23.7 Å². The number of thiazole rings is 1. The van der Waals surface area contributed by atoms with Gasteiger partial charge < -0.3 is 41.3 Å². The number of hydrogen-bond acceptors (Lipinski definition) is 14. The number of anilines is 3. The maximum Gasteiger partial charge on any atom is 0.416 e. The molecule has 2 unspecified atom stereocenters. The molecule has 16 nitrogen and oxygen atoms in total. The van der Waals surface area contributed by atoms with Gasteiger partial charge in [0.25, 0.3) is 0 Å². The second-order valence-corrected chi connectivity index (χ2v) is 21.4. The Morgan fingerprint density at radius 3 is 2.25 bits per heavy atom. The zero-order valence-corrected chi connectivity index (χ0v) is 41.0. The fraction of sp³-hybridized carbons (Fsp3) is 0.490. The summed E-state index contributed by atoms with van der Waals surface area (Å²) in [5.41, 5.74) is 10.0. The van der Waals surface area contributed by atoms with E-state index in [1.165, 1.54) is 22.3 Å². The third-order valence-corrected chi connectivity index (χ3v) is 15.6. The molecule has 71 heavy (non-hydrogen) atoms. The molecule has 3 saturated heterocycles. The number of fused-ring (bicyclic) bond motifs is 2. The number of nitrogens with one attached hydrogen (secondary N) is 2. The number of alkyl halides is 3. The molecule has 1 aliphatic carbocycles. The number of carbonyl (C=O) groups is 3. The first kappa shape index (κ1) is 49.6. The minimum Gasteiger partial charge on any atom is -0.507 e. The number of β-amino-alcohol motifs (C(OH)–C–C–N with tert-alkyl or cyclic N) is 1. The highest BCUT2D eigenvalue weighted by atomic mass is 32.1. The lowest BCUT2D eigenvalue weighted by Crippen LogP contribution is -2.58. The number of likely N-dealkylation sites (tertiary alicyclic amines) is 1. The molecule has 6 heterocycles. The van der Waals surface area contributed by atoms with Gasteiger partial charge in [0.1, 0.15) is 17.8 Å². The van der Waals surface area contributed by atoms with Crippen LogP contribution in [0, 0.1) is 24.2 Å². The molecule has 6 N–H and O–H groups in total. The molecule has 4 fully saturated rings. The van der Waals surface area contributed by atoms with E-state index in [0.717, 1.165) is 49.4 Å². The highest BCUT2D eigenvalue weighted by Gasteiger charge is 2.46. The molecule has 20 heteroatoms. The number of nitrogens with two attached hydrogens (primary N) is 1. The summed E-state index contributed by atoms with van der Waals surface area (Å²) in [6, 6.07) is 11.0. The lowest BCUT2D eigenvalue weighted by molar-refractivity contribution is -0.144. The fourth-order valence-corrected chi connectivity index (χ4v) is 11.6. The van der Waals surface area contributed by atoms with Crippen molar-refractivity contribution < 1.29 is 37.8 Å². The molecule has 9 rings (SSSR count). The number of halogens is 3. The molecule has 3 aliphatic heterocycles. The molecular formula is C51H60F3N11O5S. The van der Waals surface area contributed by atoms with Crippen LogP contribution in [0.5, 0.6) is 5.75 Å². The summed E-state index contributed by atoms with van der Waals surface area (Å²) in [7, 11) is 0. The smallest absolute Gasteiger partial charge is 0.416 e. The third-order valence-electron chi connectivity index (χ3n) is 14.6. The Balaban J connectivity index is 0.776. The normalized spacial score (nSPS) is 22.9.